The quantitative estimate of drug-likeness (QED) is 0.869. The molecule has 96 valence electrons. The topological polar surface area (TPSA) is 46.2 Å². The van der Waals surface area contributed by atoms with Gasteiger partial charge in [0.25, 0.3) is 10.0 Å². The predicted octanol–water partition coefficient (Wildman–Crippen LogP) is 3.92. The summed E-state index contributed by atoms with van der Waals surface area (Å²) in [5, 5.41) is 2.22. The minimum atomic E-state index is -3.52. The Balaban J connectivity index is 2.37. The number of hydrogen-bond acceptors (Lipinski definition) is 4. The van der Waals surface area contributed by atoms with E-state index in [-0.39, 0.29) is 4.21 Å². The zero-order valence-electron chi connectivity index (χ0n) is 9.38. The number of rotatable bonds is 4. The summed E-state index contributed by atoms with van der Waals surface area (Å²) >= 11 is 8.52. The van der Waals surface area contributed by atoms with Gasteiger partial charge >= 0.3 is 0 Å². The Labute approximate surface area is 119 Å². The first kappa shape index (κ1) is 13.7. The molecule has 2 rings (SSSR count). The molecule has 1 heterocycles. The Hall–Kier alpha value is -0.690. The van der Waals surface area contributed by atoms with Crippen LogP contribution in [0.2, 0.25) is 5.02 Å². The van der Waals surface area contributed by atoms with Gasteiger partial charge in [-0.2, -0.15) is 0 Å². The number of thiophene rings is 1. The third-order valence-corrected chi connectivity index (χ3v) is 5.96. The molecule has 0 amide bonds. The van der Waals surface area contributed by atoms with Gasteiger partial charge in [0.05, 0.1) is 5.69 Å². The fraction of sp³-hybridized carbons (Fsp3) is 0.0909. The molecular formula is C11H10ClNO2S3. The summed E-state index contributed by atoms with van der Waals surface area (Å²) in [5.41, 5.74) is 0.503. The highest BCUT2D eigenvalue weighted by Crippen LogP contribution is 2.30. The molecule has 1 aromatic heterocycles. The summed E-state index contributed by atoms with van der Waals surface area (Å²) in [6.07, 6.45) is 1.88. The fourth-order valence-electron chi connectivity index (χ4n) is 1.37. The zero-order valence-corrected chi connectivity index (χ0v) is 12.6. The summed E-state index contributed by atoms with van der Waals surface area (Å²) in [6.45, 7) is 0. The zero-order chi connectivity index (χ0) is 13.2. The molecule has 7 heteroatoms. The molecule has 0 radical (unpaired) electrons. The van der Waals surface area contributed by atoms with Crippen molar-refractivity contribution in [1.82, 2.24) is 0 Å². The fourth-order valence-corrected chi connectivity index (χ4v) is 4.21. The molecule has 2 aromatic rings. The van der Waals surface area contributed by atoms with Crippen molar-refractivity contribution in [2.45, 2.75) is 9.10 Å². The maximum atomic E-state index is 12.1. The maximum absolute atomic E-state index is 12.1. The molecule has 1 N–H and O–H groups in total. The van der Waals surface area contributed by atoms with Gasteiger partial charge in [0, 0.05) is 9.92 Å². The van der Waals surface area contributed by atoms with Gasteiger partial charge < -0.3 is 0 Å². The van der Waals surface area contributed by atoms with Crippen LogP contribution < -0.4 is 4.72 Å². The molecular weight excluding hydrogens is 310 g/mol. The Kier molecular flexibility index (Phi) is 4.21. The van der Waals surface area contributed by atoms with Gasteiger partial charge in [-0.3, -0.25) is 4.72 Å². The Morgan fingerprint density at radius 2 is 2.11 bits per heavy atom. The smallest absolute Gasteiger partial charge is 0.271 e. The average molecular weight is 320 g/mol. The van der Waals surface area contributed by atoms with Gasteiger partial charge in [-0.05, 0) is 35.9 Å². The van der Waals surface area contributed by atoms with Crippen LogP contribution in [0.15, 0.2) is 44.8 Å². The van der Waals surface area contributed by atoms with E-state index < -0.39 is 10.0 Å². The molecule has 0 saturated carbocycles. The highest BCUT2D eigenvalue weighted by Gasteiger charge is 2.17. The van der Waals surface area contributed by atoms with Crippen LogP contribution in [0, 0.1) is 0 Å². The number of benzene rings is 1. The standard InChI is InChI=1S/C11H10ClNO2S3/c1-16-10-5-4-8(12)7-9(10)13-18(14,15)11-3-2-6-17-11/h2-7,13H,1H3. The number of nitrogens with one attached hydrogen (secondary N) is 1. The van der Waals surface area contributed by atoms with E-state index in [4.69, 9.17) is 11.6 Å². The predicted molar refractivity (Wildman–Crippen MR) is 78.4 cm³/mol. The first-order chi connectivity index (χ1) is 8.53. The molecule has 0 spiro atoms. The summed E-state index contributed by atoms with van der Waals surface area (Å²) in [6, 6.07) is 8.40. The highest BCUT2D eigenvalue weighted by molar-refractivity contribution is 7.99. The van der Waals surface area contributed by atoms with Gasteiger partial charge in [-0.15, -0.1) is 23.1 Å². The molecule has 0 aliphatic rings. The number of anilines is 1. The lowest BCUT2D eigenvalue weighted by Crippen LogP contribution is -2.12. The van der Waals surface area contributed by atoms with Crippen molar-refractivity contribution in [3.63, 3.8) is 0 Å². The second-order valence-electron chi connectivity index (χ2n) is 3.38. The van der Waals surface area contributed by atoms with Crippen LogP contribution in [0.4, 0.5) is 5.69 Å². The van der Waals surface area contributed by atoms with Crippen LogP contribution in [-0.2, 0) is 10.0 Å². The minimum Gasteiger partial charge on any atom is -0.278 e. The first-order valence-electron chi connectivity index (χ1n) is 4.93. The number of sulfonamides is 1. The second kappa shape index (κ2) is 5.52. The lowest BCUT2D eigenvalue weighted by molar-refractivity contribution is 0.603. The van der Waals surface area contributed by atoms with Crippen molar-refractivity contribution in [3.05, 3.63) is 40.7 Å². The van der Waals surface area contributed by atoms with Crippen LogP contribution in [-0.4, -0.2) is 14.7 Å². The second-order valence-corrected chi connectivity index (χ2v) is 7.52. The molecule has 0 fully saturated rings. The Bertz CT molecular complexity index is 638. The van der Waals surface area contributed by atoms with Crippen LogP contribution in [0.1, 0.15) is 0 Å². The monoisotopic (exact) mass is 319 g/mol. The lowest BCUT2D eigenvalue weighted by Gasteiger charge is -2.10. The highest BCUT2D eigenvalue weighted by atomic mass is 35.5. The van der Waals surface area contributed by atoms with Crippen molar-refractivity contribution in [2.24, 2.45) is 0 Å². The summed E-state index contributed by atoms with van der Waals surface area (Å²) < 4.78 is 27.0. The van der Waals surface area contributed by atoms with Crippen LogP contribution >= 0.6 is 34.7 Å². The van der Waals surface area contributed by atoms with E-state index in [0.717, 1.165) is 4.90 Å². The first-order valence-corrected chi connectivity index (χ1v) is 8.89. The lowest BCUT2D eigenvalue weighted by atomic mass is 10.3. The van der Waals surface area contributed by atoms with Crippen molar-refractivity contribution >= 4 is 50.4 Å². The van der Waals surface area contributed by atoms with E-state index in [9.17, 15) is 8.42 Å². The molecule has 0 atom stereocenters. The van der Waals surface area contributed by atoms with Crippen molar-refractivity contribution < 1.29 is 8.42 Å². The molecule has 3 nitrogen and oxygen atoms in total. The molecule has 0 bridgehead atoms. The number of hydrogen-bond donors (Lipinski definition) is 1. The molecule has 1 aromatic carbocycles. The molecule has 0 saturated heterocycles. The molecule has 0 unspecified atom stereocenters. The van der Waals surface area contributed by atoms with Gasteiger partial charge in [0.1, 0.15) is 4.21 Å². The average Bonchev–Trinajstić information content (AvgIpc) is 2.83. The van der Waals surface area contributed by atoms with Crippen LogP contribution in [0.5, 0.6) is 0 Å². The third-order valence-electron chi connectivity index (χ3n) is 2.17. The largest absolute Gasteiger partial charge is 0.278 e. The van der Waals surface area contributed by atoms with E-state index in [1.807, 2.05) is 6.26 Å². The minimum absolute atomic E-state index is 0.287. The maximum Gasteiger partial charge on any atom is 0.271 e. The molecule has 0 aliphatic heterocycles. The number of thioether (sulfide) groups is 1. The van der Waals surface area contributed by atoms with Gasteiger partial charge in [-0.1, -0.05) is 17.7 Å². The summed E-state index contributed by atoms with van der Waals surface area (Å²) in [7, 11) is -3.52. The molecule has 0 aliphatic carbocycles. The SMILES string of the molecule is CSc1ccc(Cl)cc1NS(=O)(=O)c1cccs1. The molecule has 18 heavy (non-hydrogen) atoms. The van der Waals surface area contributed by atoms with E-state index in [1.165, 1.54) is 23.1 Å². The van der Waals surface area contributed by atoms with E-state index >= 15 is 0 Å². The van der Waals surface area contributed by atoms with E-state index in [2.05, 4.69) is 4.72 Å². The van der Waals surface area contributed by atoms with Crippen molar-refractivity contribution in [2.75, 3.05) is 11.0 Å². The Morgan fingerprint density at radius 3 is 2.72 bits per heavy atom. The third kappa shape index (κ3) is 3.00. The van der Waals surface area contributed by atoms with Crippen LogP contribution in [0.3, 0.4) is 0 Å². The van der Waals surface area contributed by atoms with Gasteiger partial charge in [0.2, 0.25) is 0 Å². The van der Waals surface area contributed by atoms with Crippen molar-refractivity contribution in [1.29, 1.82) is 0 Å². The number of halogens is 1. The van der Waals surface area contributed by atoms with Gasteiger partial charge in [-0.25, -0.2) is 8.42 Å². The Morgan fingerprint density at radius 1 is 1.33 bits per heavy atom. The summed E-state index contributed by atoms with van der Waals surface area (Å²) in [5.74, 6) is 0. The van der Waals surface area contributed by atoms with Gasteiger partial charge in [0.15, 0.2) is 0 Å². The normalized spacial score (nSPS) is 11.4. The van der Waals surface area contributed by atoms with E-state index in [1.54, 1.807) is 35.7 Å². The summed E-state index contributed by atoms with van der Waals surface area (Å²) in [4.78, 5) is 0.833. The van der Waals surface area contributed by atoms with Crippen LogP contribution in [0.25, 0.3) is 0 Å². The van der Waals surface area contributed by atoms with Crippen molar-refractivity contribution in [3.8, 4) is 0 Å². The van der Waals surface area contributed by atoms with E-state index in [0.29, 0.717) is 10.7 Å².